The molecule has 0 fully saturated rings. The van der Waals surface area contributed by atoms with Gasteiger partial charge in [0.05, 0.1) is 33.9 Å². The Bertz CT molecular complexity index is 2580. The number of unbranched alkanes of at least 4 members (excludes halogenated alkanes) is 28. The molecule has 0 saturated heterocycles. The Morgan fingerprint density at radius 3 is 0.934 bits per heavy atom. The van der Waals surface area contributed by atoms with Crippen molar-refractivity contribution in [1.82, 2.24) is 0 Å². The third-order valence-electron chi connectivity index (χ3n) is 16.3. The summed E-state index contributed by atoms with van der Waals surface area (Å²) in [5.74, 6) is 8.74. The number of rotatable bonds is 45. The van der Waals surface area contributed by atoms with E-state index in [1.807, 2.05) is 13.8 Å². The van der Waals surface area contributed by atoms with E-state index in [-0.39, 0.29) is 27.6 Å². The molecule has 4 N–H and O–H groups in total. The maximum atomic E-state index is 11.3. The van der Waals surface area contributed by atoms with E-state index >= 15 is 0 Å². The quantitative estimate of drug-likeness (QED) is 0.0146. The Morgan fingerprint density at radius 1 is 0.352 bits per heavy atom. The molecule has 0 unspecified atom stereocenters. The summed E-state index contributed by atoms with van der Waals surface area (Å²) in [6.07, 6.45) is 50.7. The van der Waals surface area contributed by atoms with E-state index in [4.69, 9.17) is 30.4 Å². The van der Waals surface area contributed by atoms with Crippen molar-refractivity contribution in [3.63, 3.8) is 0 Å². The fourth-order valence-electron chi connectivity index (χ4n) is 11.0. The normalized spacial score (nSPS) is 11.1. The molecule has 0 atom stereocenters. The molecule has 4 aromatic carbocycles. The van der Waals surface area contributed by atoms with Crippen LogP contribution < -0.4 is 10.2 Å². The monoisotopic (exact) mass is 1290 g/mol. The Hall–Kier alpha value is -6.03. The van der Waals surface area contributed by atoms with Crippen molar-refractivity contribution in [2.75, 3.05) is 0 Å². The minimum atomic E-state index is -1.28. The fraction of sp³-hybridized carbons (Fsp3) is 0.600. The van der Waals surface area contributed by atoms with Crippen molar-refractivity contribution in [2.45, 2.75) is 311 Å². The second-order valence-electron chi connectivity index (χ2n) is 24.3. The summed E-state index contributed by atoms with van der Waals surface area (Å²) in [5, 5.41) is 58.3. The Labute approximate surface area is 562 Å². The molecule has 0 bridgehead atoms. The summed E-state index contributed by atoms with van der Waals surface area (Å²) >= 11 is 0. The predicted octanol–water partition coefficient (Wildman–Crippen LogP) is 22.0. The van der Waals surface area contributed by atoms with Crippen molar-refractivity contribution < 1.29 is 56.7 Å². The first-order valence-corrected chi connectivity index (χ1v) is 35.6. The van der Waals surface area contributed by atoms with Crippen LogP contribution in [-0.2, 0) is 42.2 Å². The molecule has 0 heterocycles. The Kier molecular flexibility index (Phi) is 50.7. The molecule has 0 aromatic heterocycles. The first-order valence-electron chi connectivity index (χ1n) is 35.6. The number of aromatic hydroxyl groups is 2. The number of benzene rings is 4. The van der Waals surface area contributed by atoms with Gasteiger partial charge in [0.25, 0.3) is 0 Å². The van der Waals surface area contributed by atoms with Crippen LogP contribution in [0.1, 0.15) is 329 Å². The molecule has 0 aliphatic heterocycles. The third-order valence-corrected chi connectivity index (χ3v) is 16.3. The Balaban J connectivity index is 0.00000115. The molecule has 0 aliphatic rings. The number of aliphatic imine (C=N–C) groups is 2. The van der Waals surface area contributed by atoms with Crippen LogP contribution in [0.2, 0.25) is 0 Å². The molecule has 0 radical (unpaired) electrons. The molecule has 4 rings (SSSR count). The maximum absolute atomic E-state index is 11.3. The van der Waals surface area contributed by atoms with Gasteiger partial charge in [-0.25, -0.2) is 9.59 Å². The number of nitrogens with zero attached hydrogens (tertiary/aromatic N) is 2. The van der Waals surface area contributed by atoms with E-state index in [9.17, 15) is 19.8 Å². The summed E-state index contributed by atoms with van der Waals surface area (Å²) in [5.41, 5.74) is 7.56. The van der Waals surface area contributed by atoms with Gasteiger partial charge >= 0.3 is 28.4 Å². The zero-order valence-corrected chi connectivity index (χ0v) is 58.2. The molecule has 0 saturated carbocycles. The van der Waals surface area contributed by atoms with Crippen molar-refractivity contribution in [3.05, 3.63) is 106 Å². The summed E-state index contributed by atoms with van der Waals surface area (Å²) in [4.78, 5) is 32.4. The SMILES string of the molecule is CCCCCCCCCCCCCCC#CCCCc1ccccc1N=C(CCCC)C(CCCC)=Nc1ccccc1CCCC#CCCCCCCCCCCCCCC.CCCc1ccc(O)c([O-])c1C(=O)O.CCCc1ccc(O)c([O-])c1C(=O)O.[Ni+2]. The van der Waals surface area contributed by atoms with E-state index in [0.717, 1.165) is 114 Å². The predicted molar refractivity (Wildman–Crippen MR) is 376 cm³/mol. The minimum absolute atomic E-state index is 0. The third kappa shape index (κ3) is 37.9. The Morgan fingerprint density at radius 2 is 0.637 bits per heavy atom. The topological polar surface area (TPSA) is 186 Å². The largest absolute Gasteiger partial charge is 2.00 e. The summed E-state index contributed by atoms with van der Waals surface area (Å²) in [6, 6.07) is 23.0. The van der Waals surface area contributed by atoms with Crippen molar-refractivity contribution >= 4 is 34.7 Å². The zero-order valence-electron chi connectivity index (χ0n) is 57.3. The number of phenolic OH excluding ortho intramolecular Hbond substituents is 2. The van der Waals surface area contributed by atoms with Crippen LogP contribution in [0.4, 0.5) is 11.4 Å². The number of aromatic carboxylic acids is 2. The van der Waals surface area contributed by atoms with Gasteiger partial charge in [-0.3, -0.25) is 9.98 Å². The van der Waals surface area contributed by atoms with E-state index < -0.39 is 34.9 Å². The van der Waals surface area contributed by atoms with Crippen LogP contribution in [0.15, 0.2) is 82.8 Å². The van der Waals surface area contributed by atoms with Gasteiger partial charge in [0.2, 0.25) is 0 Å². The maximum Gasteiger partial charge on any atom is 2.00 e. The summed E-state index contributed by atoms with van der Waals surface area (Å²) < 4.78 is 0. The number of carboxylic acid groups (broad SMARTS) is 2. The molecule has 10 nitrogen and oxygen atoms in total. The smallest absolute Gasteiger partial charge is 0.869 e. The van der Waals surface area contributed by atoms with Gasteiger partial charge in [-0.2, -0.15) is 0 Å². The van der Waals surface area contributed by atoms with Crippen LogP contribution in [0.3, 0.4) is 0 Å². The first kappa shape index (κ1) is 83.0. The average Bonchev–Trinajstić information content (AvgIpc) is 1.07. The molecule has 91 heavy (non-hydrogen) atoms. The van der Waals surface area contributed by atoms with E-state index in [1.54, 1.807) is 0 Å². The molecule has 4 aromatic rings. The molecule has 11 heteroatoms. The van der Waals surface area contributed by atoms with Gasteiger partial charge in [-0.15, -0.1) is 23.7 Å². The van der Waals surface area contributed by atoms with Gasteiger partial charge in [-0.05, 0) is 124 Å². The first-order chi connectivity index (χ1) is 43.9. The second-order valence-corrected chi connectivity index (χ2v) is 24.3. The second kappa shape index (κ2) is 55.6. The molecule has 0 aliphatic carbocycles. The van der Waals surface area contributed by atoms with E-state index in [1.165, 1.54) is 201 Å². The van der Waals surface area contributed by atoms with Gasteiger partial charge in [0, 0.05) is 25.7 Å². The molecular weight excluding hydrogens is 1180 g/mol. The standard InChI is InChI=1S/C60H96N2.2C10H12O4.Ni/c1-5-9-13-15-17-19-21-23-25-27-29-31-33-35-37-39-41-47-55-49-43-45-53-57(55)61-59(51-11-7-3)60(52-12-8-4)62-58-54-46-44-50-56(58)48-42-40-38-36-34-32-30-28-26-24-22-20-18-16-14-10-6-2;2*1-2-3-6-4-5-7(11)9(12)8(6)10(13)14;/h43-46,49-50,53-54H,5-34,39-42,47-48,51-52H2,1-4H3;2*4-5,11-12H,2-3H2,1H3,(H,13,14);/q;;;+2/p-2. The number of hydrogen-bond acceptors (Lipinski definition) is 8. The molecule has 0 amide bonds. The summed E-state index contributed by atoms with van der Waals surface area (Å²) in [7, 11) is 0. The van der Waals surface area contributed by atoms with Crippen molar-refractivity contribution in [2.24, 2.45) is 9.98 Å². The number of aryl methyl sites for hydroxylation is 4. The number of carboxylic acids is 2. The van der Waals surface area contributed by atoms with Crippen LogP contribution in [0.5, 0.6) is 23.0 Å². The number of para-hydroxylation sites is 2. The van der Waals surface area contributed by atoms with Crippen LogP contribution in [-0.4, -0.2) is 43.8 Å². The van der Waals surface area contributed by atoms with Crippen molar-refractivity contribution in [1.29, 1.82) is 0 Å². The number of phenols is 2. The van der Waals surface area contributed by atoms with Crippen LogP contribution in [0, 0.1) is 23.7 Å². The summed E-state index contributed by atoms with van der Waals surface area (Å²) in [6.45, 7) is 12.9. The number of hydrogen-bond donors (Lipinski definition) is 4. The van der Waals surface area contributed by atoms with Gasteiger partial charge in [-0.1, -0.05) is 269 Å². The molecular formula is C80H118N2NiO8. The van der Waals surface area contributed by atoms with E-state index in [0.29, 0.717) is 24.0 Å². The number of carbonyl (C=O) groups is 2. The molecule has 0 spiro atoms. The molecule has 506 valence electrons. The van der Waals surface area contributed by atoms with Crippen LogP contribution in [0.25, 0.3) is 0 Å². The van der Waals surface area contributed by atoms with E-state index in [2.05, 4.69) is 99.9 Å². The fourth-order valence-corrected chi connectivity index (χ4v) is 11.0. The van der Waals surface area contributed by atoms with Gasteiger partial charge in [0.1, 0.15) is 11.5 Å². The van der Waals surface area contributed by atoms with Crippen molar-refractivity contribution in [3.8, 4) is 46.7 Å². The zero-order chi connectivity index (χ0) is 65.7. The average molecular weight is 1290 g/mol. The van der Waals surface area contributed by atoms with Crippen LogP contribution >= 0.6 is 0 Å². The van der Waals surface area contributed by atoms with Gasteiger partial charge < -0.3 is 30.6 Å². The minimum Gasteiger partial charge on any atom is -0.869 e. The van der Waals surface area contributed by atoms with Gasteiger partial charge in [0.15, 0.2) is 0 Å².